The van der Waals surface area contributed by atoms with Crippen LogP contribution in [0.3, 0.4) is 0 Å². The molecule has 8 heteroatoms. The zero-order valence-corrected chi connectivity index (χ0v) is 15.2. The van der Waals surface area contributed by atoms with Crippen molar-refractivity contribution in [1.29, 1.82) is 0 Å². The molecule has 0 atom stereocenters. The molecular formula is C18H18FN5OS. The molecule has 0 saturated carbocycles. The molecule has 1 aromatic heterocycles. The maximum Gasteiger partial charge on any atom is 0.240 e. The number of hydrogen-bond acceptors (Lipinski definition) is 6. The molecule has 6 nitrogen and oxygen atoms in total. The SMILES string of the molecule is COc1ccc(/C(C)=N/Nc2nc(SCc3ccc(F)cc3)n[nH]2)cc1. The van der Waals surface area contributed by atoms with Crippen LogP contribution in [0.15, 0.2) is 58.8 Å². The van der Waals surface area contributed by atoms with E-state index in [-0.39, 0.29) is 5.82 Å². The van der Waals surface area contributed by atoms with E-state index < -0.39 is 0 Å². The summed E-state index contributed by atoms with van der Waals surface area (Å²) < 4.78 is 18.0. The van der Waals surface area contributed by atoms with Gasteiger partial charge in [0, 0.05) is 5.75 Å². The highest BCUT2D eigenvalue weighted by Crippen LogP contribution is 2.20. The summed E-state index contributed by atoms with van der Waals surface area (Å²) in [5.41, 5.74) is 5.65. The van der Waals surface area contributed by atoms with E-state index in [1.807, 2.05) is 31.2 Å². The van der Waals surface area contributed by atoms with Crippen LogP contribution in [0, 0.1) is 5.82 Å². The number of rotatable bonds is 7. The second-order valence-electron chi connectivity index (χ2n) is 5.42. The van der Waals surface area contributed by atoms with Gasteiger partial charge in [0.2, 0.25) is 11.1 Å². The highest BCUT2D eigenvalue weighted by molar-refractivity contribution is 7.98. The lowest BCUT2D eigenvalue weighted by molar-refractivity contribution is 0.415. The molecule has 0 aliphatic rings. The van der Waals surface area contributed by atoms with Gasteiger partial charge in [-0.2, -0.15) is 10.1 Å². The van der Waals surface area contributed by atoms with E-state index in [1.54, 1.807) is 19.2 Å². The predicted octanol–water partition coefficient (Wildman–Crippen LogP) is 4.08. The molecule has 134 valence electrons. The monoisotopic (exact) mass is 371 g/mol. The number of aromatic nitrogens is 3. The summed E-state index contributed by atoms with van der Waals surface area (Å²) in [5, 5.41) is 11.8. The maximum absolute atomic E-state index is 12.9. The second-order valence-corrected chi connectivity index (χ2v) is 6.36. The smallest absolute Gasteiger partial charge is 0.240 e. The van der Waals surface area contributed by atoms with Gasteiger partial charge in [0.15, 0.2) is 0 Å². The number of anilines is 1. The van der Waals surface area contributed by atoms with Crippen LogP contribution in [0.25, 0.3) is 0 Å². The Labute approximate surface area is 154 Å². The van der Waals surface area contributed by atoms with Gasteiger partial charge in [-0.3, -0.25) is 0 Å². The van der Waals surface area contributed by atoms with Gasteiger partial charge in [-0.05, 0) is 54.4 Å². The molecular weight excluding hydrogens is 353 g/mol. The van der Waals surface area contributed by atoms with Crippen molar-refractivity contribution in [1.82, 2.24) is 15.2 Å². The molecule has 0 spiro atoms. The summed E-state index contributed by atoms with van der Waals surface area (Å²) in [5.74, 6) is 1.67. The van der Waals surface area contributed by atoms with Crippen LogP contribution in [0.1, 0.15) is 18.1 Å². The fourth-order valence-electron chi connectivity index (χ4n) is 2.12. The standard InChI is InChI=1S/C18H18FN5OS/c1-12(14-5-9-16(25-2)10-6-14)21-22-17-20-18(24-23-17)26-11-13-3-7-15(19)8-4-13/h3-10H,11H2,1-2H3,(H2,20,22,23,24)/b21-12+. The first kappa shape index (κ1) is 17.9. The number of hydrogen-bond donors (Lipinski definition) is 2. The van der Waals surface area contributed by atoms with E-state index in [0.29, 0.717) is 16.9 Å². The highest BCUT2D eigenvalue weighted by atomic mass is 32.2. The Bertz CT molecular complexity index is 877. The molecule has 0 saturated heterocycles. The molecule has 0 amide bonds. The Morgan fingerprint density at radius 1 is 1.19 bits per heavy atom. The van der Waals surface area contributed by atoms with Crippen LogP contribution in [-0.4, -0.2) is 28.0 Å². The lowest BCUT2D eigenvalue weighted by Crippen LogP contribution is -2.00. The van der Waals surface area contributed by atoms with Crippen LogP contribution in [-0.2, 0) is 5.75 Å². The predicted molar refractivity (Wildman–Crippen MR) is 101 cm³/mol. The van der Waals surface area contributed by atoms with Gasteiger partial charge >= 0.3 is 0 Å². The van der Waals surface area contributed by atoms with Crippen LogP contribution in [0.4, 0.5) is 10.3 Å². The van der Waals surface area contributed by atoms with Crippen molar-refractivity contribution >= 4 is 23.4 Å². The lowest BCUT2D eigenvalue weighted by atomic mass is 10.1. The Morgan fingerprint density at radius 2 is 1.92 bits per heavy atom. The number of methoxy groups -OCH3 is 1. The van der Waals surface area contributed by atoms with Gasteiger partial charge in [0.05, 0.1) is 12.8 Å². The molecule has 2 N–H and O–H groups in total. The molecule has 2 aromatic carbocycles. The quantitative estimate of drug-likeness (QED) is 0.372. The number of nitrogens with zero attached hydrogens (tertiary/aromatic N) is 3. The van der Waals surface area contributed by atoms with Crippen LogP contribution < -0.4 is 10.2 Å². The second kappa shape index (κ2) is 8.48. The molecule has 0 fully saturated rings. The Hall–Kier alpha value is -2.87. The van der Waals surface area contributed by atoms with Crippen LogP contribution >= 0.6 is 11.8 Å². The average Bonchev–Trinajstić information content (AvgIpc) is 3.13. The first-order valence-electron chi connectivity index (χ1n) is 7.88. The molecule has 0 radical (unpaired) electrons. The van der Waals surface area contributed by atoms with E-state index >= 15 is 0 Å². The van der Waals surface area contributed by atoms with Crippen molar-refractivity contribution in [3.8, 4) is 5.75 Å². The van der Waals surface area contributed by atoms with Crippen molar-refractivity contribution in [3.05, 3.63) is 65.5 Å². The largest absolute Gasteiger partial charge is 0.497 e. The number of hydrazone groups is 1. The number of benzene rings is 2. The highest BCUT2D eigenvalue weighted by Gasteiger charge is 2.05. The summed E-state index contributed by atoms with van der Waals surface area (Å²) >= 11 is 1.46. The third-order valence-electron chi connectivity index (χ3n) is 3.58. The topological polar surface area (TPSA) is 75.2 Å². The Morgan fingerprint density at radius 3 is 2.62 bits per heavy atom. The summed E-state index contributed by atoms with van der Waals surface area (Å²) in [7, 11) is 1.63. The number of ether oxygens (including phenoxy) is 1. The van der Waals surface area contributed by atoms with E-state index in [1.165, 1.54) is 23.9 Å². The summed E-state index contributed by atoms with van der Waals surface area (Å²) in [4.78, 5) is 4.32. The van der Waals surface area contributed by atoms with Gasteiger partial charge in [-0.15, -0.1) is 5.10 Å². The Balaban J connectivity index is 1.56. The zero-order chi connectivity index (χ0) is 18.4. The molecule has 0 unspecified atom stereocenters. The number of halogens is 1. The van der Waals surface area contributed by atoms with Gasteiger partial charge < -0.3 is 4.74 Å². The van der Waals surface area contributed by atoms with Crippen molar-refractivity contribution in [3.63, 3.8) is 0 Å². The van der Waals surface area contributed by atoms with Crippen molar-refractivity contribution in [2.45, 2.75) is 17.8 Å². The van der Waals surface area contributed by atoms with Crippen LogP contribution in [0.5, 0.6) is 5.75 Å². The Kier molecular flexibility index (Phi) is 5.85. The average molecular weight is 371 g/mol. The lowest BCUT2D eigenvalue weighted by Gasteiger charge is -2.03. The van der Waals surface area contributed by atoms with Crippen molar-refractivity contribution < 1.29 is 9.13 Å². The minimum absolute atomic E-state index is 0.242. The zero-order valence-electron chi connectivity index (χ0n) is 14.4. The minimum Gasteiger partial charge on any atom is -0.497 e. The van der Waals surface area contributed by atoms with Gasteiger partial charge in [-0.25, -0.2) is 14.9 Å². The molecule has 0 aliphatic carbocycles. The summed E-state index contributed by atoms with van der Waals surface area (Å²) in [6.07, 6.45) is 0. The number of thioether (sulfide) groups is 1. The third kappa shape index (κ3) is 4.82. The first-order valence-corrected chi connectivity index (χ1v) is 8.87. The normalized spacial score (nSPS) is 11.4. The fraction of sp³-hybridized carbons (Fsp3) is 0.167. The van der Waals surface area contributed by atoms with Crippen molar-refractivity contribution in [2.24, 2.45) is 5.10 Å². The van der Waals surface area contributed by atoms with Gasteiger partial charge in [0.1, 0.15) is 11.6 Å². The molecule has 26 heavy (non-hydrogen) atoms. The molecule has 3 aromatic rings. The number of nitrogens with one attached hydrogen (secondary N) is 2. The third-order valence-corrected chi connectivity index (χ3v) is 4.50. The van der Waals surface area contributed by atoms with E-state index in [2.05, 4.69) is 25.7 Å². The van der Waals surface area contributed by atoms with E-state index in [0.717, 1.165) is 22.6 Å². The molecule has 1 heterocycles. The maximum atomic E-state index is 12.9. The minimum atomic E-state index is -0.242. The van der Waals surface area contributed by atoms with E-state index in [4.69, 9.17) is 4.74 Å². The molecule has 0 aliphatic heterocycles. The number of aromatic amines is 1. The van der Waals surface area contributed by atoms with Gasteiger partial charge in [0.25, 0.3) is 0 Å². The van der Waals surface area contributed by atoms with Gasteiger partial charge in [-0.1, -0.05) is 23.9 Å². The molecule has 3 rings (SSSR count). The van der Waals surface area contributed by atoms with Crippen molar-refractivity contribution in [2.75, 3.05) is 12.5 Å². The van der Waals surface area contributed by atoms with Crippen LogP contribution in [0.2, 0.25) is 0 Å². The van der Waals surface area contributed by atoms with E-state index in [9.17, 15) is 4.39 Å². The fourth-order valence-corrected chi connectivity index (χ4v) is 2.88. The summed E-state index contributed by atoms with van der Waals surface area (Å²) in [6.45, 7) is 1.90. The number of H-pyrrole nitrogens is 1. The summed E-state index contributed by atoms with van der Waals surface area (Å²) in [6, 6.07) is 14.0. The molecule has 0 bridgehead atoms. The first-order chi connectivity index (χ1) is 12.6.